The molecule has 19 heavy (non-hydrogen) atoms. The number of methoxy groups -OCH3 is 1. The van der Waals surface area contributed by atoms with Crippen LogP contribution < -0.4 is 10.1 Å². The number of aliphatic hydroxyl groups is 1. The standard InChI is InChI=1S/C14H15NO3S/c1-9-3-4-10(8-16)7-11(9)15-14(17)13-12(18-2)5-6-19-13/h3-7,16H,8H2,1-2H3,(H,15,17). The topological polar surface area (TPSA) is 58.6 Å². The summed E-state index contributed by atoms with van der Waals surface area (Å²) in [5.74, 6) is 0.364. The average molecular weight is 277 g/mol. The summed E-state index contributed by atoms with van der Waals surface area (Å²) in [5, 5.41) is 13.8. The molecular weight excluding hydrogens is 262 g/mol. The maximum Gasteiger partial charge on any atom is 0.269 e. The first-order chi connectivity index (χ1) is 9.15. The summed E-state index contributed by atoms with van der Waals surface area (Å²) in [7, 11) is 1.54. The molecule has 1 aromatic heterocycles. The summed E-state index contributed by atoms with van der Waals surface area (Å²) in [4.78, 5) is 12.7. The minimum Gasteiger partial charge on any atom is -0.495 e. The molecule has 0 unspecified atom stereocenters. The van der Waals surface area contributed by atoms with Crippen molar-refractivity contribution in [2.75, 3.05) is 12.4 Å². The van der Waals surface area contributed by atoms with Gasteiger partial charge < -0.3 is 15.2 Å². The summed E-state index contributed by atoms with van der Waals surface area (Å²) in [6.45, 7) is 1.86. The summed E-state index contributed by atoms with van der Waals surface area (Å²) in [6.07, 6.45) is 0. The zero-order valence-electron chi connectivity index (χ0n) is 10.8. The SMILES string of the molecule is COc1ccsc1C(=O)Nc1cc(CO)ccc1C. The van der Waals surface area contributed by atoms with E-state index in [9.17, 15) is 4.79 Å². The van der Waals surface area contributed by atoms with Crippen molar-refractivity contribution in [3.05, 3.63) is 45.6 Å². The van der Waals surface area contributed by atoms with Crippen molar-refractivity contribution in [3.8, 4) is 5.75 Å². The Morgan fingerprint density at radius 2 is 2.21 bits per heavy atom. The molecule has 0 fully saturated rings. The van der Waals surface area contributed by atoms with Crippen molar-refractivity contribution < 1.29 is 14.6 Å². The molecule has 0 aliphatic rings. The molecule has 2 N–H and O–H groups in total. The van der Waals surface area contributed by atoms with Gasteiger partial charge in [-0.2, -0.15) is 0 Å². The second-order valence-corrected chi connectivity index (χ2v) is 5.00. The number of ether oxygens (including phenoxy) is 1. The van der Waals surface area contributed by atoms with Gasteiger partial charge in [-0.15, -0.1) is 11.3 Å². The predicted octanol–water partition coefficient (Wildman–Crippen LogP) is 2.81. The Morgan fingerprint density at radius 1 is 1.42 bits per heavy atom. The van der Waals surface area contributed by atoms with Crippen molar-refractivity contribution in [3.63, 3.8) is 0 Å². The van der Waals surface area contributed by atoms with Crippen molar-refractivity contribution in [2.45, 2.75) is 13.5 Å². The molecule has 0 radical (unpaired) electrons. The summed E-state index contributed by atoms with van der Waals surface area (Å²) < 4.78 is 5.13. The maximum absolute atomic E-state index is 12.2. The monoisotopic (exact) mass is 277 g/mol. The highest BCUT2D eigenvalue weighted by molar-refractivity contribution is 7.12. The lowest BCUT2D eigenvalue weighted by molar-refractivity contribution is 0.102. The fourth-order valence-electron chi connectivity index (χ4n) is 1.71. The number of thiophene rings is 1. The second kappa shape index (κ2) is 5.86. The molecular formula is C14H15NO3S. The van der Waals surface area contributed by atoms with Crippen molar-refractivity contribution in [2.24, 2.45) is 0 Å². The molecule has 4 nitrogen and oxygen atoms in total. The number of nitrogens with one attached hydrogen (secondary N) is 1. The number of aliphatic hydroxyl groups excluding tert-OH is 1. The minimum absolute atomic E-state index is 0.0501. The van der Waals surface area contributed by atoms with Crippen molar-refractivity contribution in [1.29, 1.82) is 0 Å². The van der Waals surface area contributed by atoms with Crippen molar-refractivity contribution >= 4 is 22.9 Å². The number of anilines is 1. The normalized spacial score (nSPS) is 10.3. The Hall–Kier alpha value is -1.85. The van der Waals surface area contributed by atoms with E-state index < -0.39 is 0 Å². The largest absolute Gasteiger partial charge is 0.495 e. The van der Waals surface area contributed by atoms with E-state index in [4.69, 9.17) is 9.84 Å². The zero-order chi connectivity index (χ0) is 13.8. The Morgan fingerprint density at radius 3 is 2.89 bits per heavy atom. The molecule has 0 saturated heterocycles. The molecule has 0 atom stereocenters. The van der Waals surface area contributed by atoms with Gasteiger partial charge in [0, 0.05) is 5.69 Å². The van der Waals surface area contributed by atoms with Gasteiger partial charge in [0.1, 0.15) is 10.6 Å². The lowest BCUT2D eigenvalue weighted by atomic mass is 10.1. The molecule has 0 saturated carbocycles. The van der Waals surface area contributed by atoms with Crippen LogP contribution in [0.15, 0.2) is 29.6 Å². The van der Waals surface area contributed by atoms with Crippen LogP contribution in [0.25, 0.3) is 0 Å². The Labute approximate surface area is 115 Å². The van der Waals surface area contributed by atoms with Gasteiger partial charge in [0.25, 0.3) is 5.91 Å². The van der Waals surface area contributed by atoms with Gasteiger partial charge in [-0.05, 0) is 35.6 Å². The first-order valence-corrected chi connectivity index (χ1v) is 6.67. The van der Waals surface area contributed by atoms with Gasteiger partial charge in [-0.1, -0.05) is 12.1 Å². The number of rotatable bonds is 4. The third-order valence-electron chi connectivity index (χ3n) is 2.79. The number of hydrogen-bond acceptors (Lipinski definition) is 4. The van der Waals surface area contributed by atoms with Crippen LogP contribution in [0.1, 0.15) is 20.8 Å². The molecule has 100 valence electrons. The minimum atomic E-state index is -0.204. The first-order valence-electron chi connectivity index (χ1n) is 5.79. The lowest BCUT2D eigenvalue weighted by Gasteiger charge is -2.10. The van der Waals surface area contributed by atoms with E-state index in [1.165, 1.54) is 18.4 Å². The molecule has 1 aromatic carbocycles. The van der Waals surface area contributed by atoms with Crippen LogP contribution in [-0.4, -0.2) is 18.1 Å². The highest BCUT2D eigenvalue weighted by Crippen LogP contribution is 2.26. The highest BCUT2D eigenvalue weighted by Gasteiger charge is 2.14. The average Bonchev–Trinajstić information content (AvgIpc) is 2.89. The number of benzene rings is 1. The van der Waals surface area contributed by atoms with Gasteiger partial charge in [0.05, 0.1) is 13.7 Å². The molecule has 0 bridgehead atoms. The molecule has 2 rings (SSSR count). The number of hydrogen-bond donors (Lipinski definition) is 2. The first kappa shape index (κ1) is 13.6. The van der Waals surface area contributed by atoms with Crippen LogP contribution >= 0.6 is 11.3 Å². The van der Waals surface area contributed by atoms with Gasteiger partial charge in [0.15, 0.2) is 0 Å². The van der Waals surface area contributed by atoms with E-state index in [1.807, 2.05) is 24.4 Å². The van der Waals surface area contributed by atoms with Crippen LogP contribution in [-0.2, 0) is 6.61 Å². The predicted molar refractivity (Wildman–Crippen MR) is 75.9 cm³/mol. The van der Waals surface area contributed by atoms with E-state index in [1.54, 1.807) is 12.1 Å². The lowest BCUT2D eigenvalue weighted by Crippen LogP contribution is -2.12. The fourth-order valence-corrected chi connectivity index (χ4v) is 2.46. The van der Waals surface area contributed by atoms with Crippen molar-refractivity contribution in [1.82, 2.24) is 0 Å². The van der Waals surface area contributed by atoms with Crippen LogP contribution in [0.3, 0.4) is 0 Å². The Bertz CT molecular complexity index is 592. The smallest absolute Gasteiger partial charge is 0.269 e. The van der Waals surface area contributed by atoms with Crippen LogP contribution in [0, 0.1) is 6.92 Å². The molecule has 0 spiro atoms. The van der Waals surface area contributed by atoms with E-state index in [0.29, 0.717) is 16.3 Å². The third-order valence-corrected chi connectivity index (χ3v) is 3.68. The van der Waals surface area contributed by atoms with E-state index in [2.05, 4.69) is 5.32 Å². The third kappa shape index (κ3) is 2.94. The number of carbonyl (C=O) groups is 1. The highest BCUT2D eigenvalue weighted by atomic mass is 32.1. The van der Waals surface area contributed by atoms with Gasteiger partial charge in [-0.25, -0.2) is 0 Å². The number of carbonyl (C=O) groups excluding carboxylic acids is 1. The Kier molecular flexibility index (Phi) is 4.19. The van der Waals surface area contributed by atoms with Gasteiger partial charge >= 0.3 is 0 Å². The van der Waals surface area contributed by atoms with E-state index in [-0.39, 0.29) is 12.5 Å². The molecule has 1 amide bonds. The summed E-state index contributed by atoms with van der Waals surface area (Å²) >= 11 is 1.33. The molecule has 0 aliphatic heterocycles. The molecule has 2 aromatic rings. The number of amides is 1. The van der Waals surface area contributed by atoms with Crippen LogP contribution in [0.2, 0.25) is 0 Å². The summed E-state index contributed by atoms with van der Waals surface area (Å²) in [5.41, 5.74) is 2.41. The van der Waals surface area contributed by atoms with Gasteiger partial charge in [-0.3, -0.25) is 4.79 Å². The maximum atomic E-state index is 12.2. The Balaban J connectivity index is 2.24. The van der Waals surface area contributed by atoms with E-state index in [0.717, 1.165) is 11.1 Å². The fraction of sp³-hybridized carbons (Fsp3) is 0.214. The quantitative estimate of drug-likeness (QED) is 0.903. The van der Waals surface area contributed by atoms with Crippen LogP contribution in [0.4, 0.5) is 5.69 Å². The molecule has 5 heteroatoms. The summed E-state index contributed by atoms with van der Waals surface area (Å²) in [6, 6.07) is 7.23. The van der Waals surface area contributed by atoms with Crippen LogP contribution in [0.5, 0.6) is 5.75 Å². The van der Waals surface area contributed by atoms with E-state index >= 15 is 0 Å². The zero-order valence-corrected chi connectivity index (χ0v) is 11.6. The molecule has 0 aliphatic carbocycles. The van der Waals surface area contributed by atoms with Gasteiger partial charge in [0.2, 0.25) is 0 Å². The second-order valence-electron chi connectivity index (χ2n) is 4.08. The molecule has 1 heterocycles. The number of aryl methyl sites for hydroxylation is 1.